The molecule has 2 fully saturated rings. The summed E-state index contributed by atoms with van der Waals surface area (Å²) in [4.78, 5) is 0. The first kappa shape index (κ1) is 12.4. The highest BCUT2D eigenvalue weighted by Gasteiger charge is 2.24. The number of hydrogen-bond donors (Lipinski definition) is 2. The van der Waals surface area contributed by atoms with Crippen LogP contribution in [0.15, 0.2) is 0 Å². The van der Waals surface area contributed by atoms with Gasteiger partial charge in [-0.15, -0.1) is 0 Å². The quantitative estimate of drug-likeness (QED) is 0.769. The normalized spacial score (nSPS) is 37.5. The molecule has 1 saturated heterocycles. The lowest BCUT2D eigenvalue weighted by Crippen LogP contribution is -2.41. The summed E-state index contributed by atoms with van der Waals surface area (Å²) in [5, 5.41) is 7.25. The molecule has 0 bridgehead atoms. The van der Waals surface area contributed by atoms with Crippen LogP contribution in [0.4, 0.5) is 0 Å². The molecular weight excluding hydrogens is 196 g/mol. The van der Waals surface area contributed by atoms with Gasteiger partial charge in [0.25, 0.3) is 0 Å². The van der Waals surface area contributed by atoms with Crippen LogP contribution < -0.4 is 10.6 Å². The molecule has 1 aliphatic carbocycles. The standard InChI is InChI=1S/C14H28N2/c1-11-3-4-14(9-12(11)2)16-10-13-5-7-15-8-6-13/h11-16H,3-10H2,1-2H3. The predicted octanol–water partition coefficient (Wildman–Crippen LogP) is 2.40. The monoisotopic (exact) mass is 224 g/mol. The summed E-state index contributed by atoms with van der Waals surface area (Å²) in [5.74, 6) is 2.78. The van der Waals surface area contributed by atoms with Gasteiger partial charge in [0.2, 0.25) is 0 Å². The topological polar surface area (TPSA) is 24.1 Å². The minimum Gasteiger partial charge on any atom is -0.317 e. The molecule has 0 spiro atoms. The molecule has 94 valence electrons. The van der Waals surface area contributed by atoms with E-state index in [9.17, 15) is 0 Å². The summed E-state index contributed by atoms with van der Waals surface area (Å²) in [6.07, 6.45) is 6.95. The molecule has 1 saturated carbocycles. The summed E-state index contributed by atoms with van der Waals surface area (Å²) in [5.41, 5.74) is 0. The Labute approximate surface area is 101 Å². The van der Waals surface area contributed by atoms with E-state index in [1.54, 1.807) is 0 Å². The smallest absolute Gasteiger partial charge is 0.00699 e. The third-order valence-corrected chi connectivity index (χ3v) is 4.75. The van der Waals surface area contributed by atoms with Crippen LogP contribution in [-0.4, -0.2) is 25.7 Å². The van der Waals surface area contributed by atoms with Crippen LogP contribution in [0.1, 0.15) is 46.0 Å². The Balaban J connectivity index is 1.65. The van der Waals surface area contributed by atoms with Crippen LogP contribution in [0.2, 0.25) is 0 Å². The summed E-state index contributed by atoms with van der Waals surface area (Å²) in [7, 11) is 0. The van der Waals surface area contributed by atoms with E-state index >= 15 is 0 Å². The fraction of sp³-hybridized carbons (Fsp3) is 1.00. The van der Waals surface area contributed by atoms with Gasteiger partial charge in [-0.25, -0.2) is 0 Å². The van der Waals surface area contributed by atoms with Crippen molar-refractivity contribution in [3.8, 4) is 0 Å². The van der Waals surface area contributed by atoms with Gasteiger partial charge in [0.1, 0.15) is 0 Å². The first-order valence-electron chi connectivity index (χ1n) is 7.20. The van der Waals surface area contributed by atoms with Gasteiger partial charge >= 0.3 is 0 Å². The van der Waals surface area contributed by atoms with Gasteiger partial charge in [-0.1, -0.05) is 13.8 Å². The Morgan fingerprint density at radius 2 is 1.75 bits per heavy atom. The molecule has 0 radical (unpaired) electrons. The zero-order chi connectivity index (χ0) is 11.4. The Hall–Kier alpha value is -0.0800. The molecule has 2 rings (SSSR count). The molecule has 3 atom stereocenters. The van der Waals surface area contributed by atoms with Crippen LogP contribution in [-0.2, 0) is 0 Å². The van der Waals surface area contributed by atoms with Crippen molar-refractivity contribution in [1.29, 1.82) is 0 Å². The number of piperidine rings is 1. The van der Waals surface area contributed by atoms with E-state index in [-0.39, 0.29) is 0 Å². The molecule has 0 aromatic rings. The molecule has 0 amide bonds. The zero-order valence-electron chi connectivity index (χ0n) is 11.0. The maximum atomic E-state index is 3.81. The molecule has 0 aromatic heterocycles. The summed E-state index contributed by atoms with van der Waals surface area (Å²) in [6.45, 7) is 8.54. The SMILES string of the molecule is CC1CCC(NCC2CCNCC2)CC1C. The average molecular weight is 224 g/mol. The van der Waals surface area contributed by atoms with Gasteiger partial charge in [-0.3, -0.25) is 0 Å². The first-order chi connectivity index (χ1) is 7.75. The van der Waals surface area contributed by atoms with Crippen molar-refractivity contribution < 1.29 is 0 Å². The predicted molar refractivity (Wildman–Crippen MR) is 69.6 cm³/mol. The summed E-state index contributed by atoms with van der Waals surface area (Å²) in [6, 6.07) is 0.807. The second-order valence-electron chi connectivity index (χ2n) is 6.07. The van der Waals surface area contributed by atoms with E-state index in [4.69, 9.17) is 0 Å². The summed E-state index contributed by atoms with van der Waals surface area (Å²) >= 11 is 0. The van der Waals surface area contributed by atoms with Gasteiger partial charge < -0.3 is 10.6 Å². The van der Waals surface area contributed by atoms with Crippen LogP contribution in [0.3, 0.4) is 0 Å². The van der Waals surface area contributed by atoms with E-state index in [0.717, 1.165) is 23.8 Å². The van der Waals surface area contributed by atoms with Crippen molar-refractivity contribution >= 4 is 0 Å². The lowest BCUT2D eigenvalue weighted by Gasteiger charge is -2.34. The zero-order valence-corrected chi connectivity index (χ0v) is 11.0. The number of hydrogen-bond acceptors (Lipinski definition) is 2. The van der Waals surface area contributed by atoms with Crippen LogP contribution in [0.5, 0.6) is 0 Å². The van der Waals surface area contributed by atoms with Gasteiger partial charge in [0.15, 0.2) is 0 Å². The average Bonchev–Trinajstić information content (AvgIpc) is 2.32. The van der Waals surface area contributed by atoms with Crippen molar-refractivity contribution in [2.75, 3.05) is 19.6 Å². The van der Waals surface area contributed by atoms with Crippen molar-refractivity contribution in [3.63, 3.8) is 0 Å². The van der Waals surface area contributed by atoms with Crippen LogP contribution >= 0.6 is 0 Å². The largest absolute Gasteiger partial charge is 0.317 e. The maximum Gasteiger partial charge on any atom is 0.00699 e. The summed E-state index contributed by atoms with van der Waals surface area (Å²) < 4.78 is 0. The van der Waals surface area contributed by atoms with E-state index in [1.807, 2.05) is 0 Å². The minimum absolute atomic E-state index is 0.807. The molecule has 2 heteroatoms. The molecule has 3 unspecified atom stereocenters. The Kier molecular flexibility index (Phi) is 4.66. The van der Waals surface area contributed by atoms with Gasteiger partial charge in [-0.2, -0.15) is 0 Å². The molecule has 0 aromatic carbocycles. The third-order valence-electron chi connectivity index (χ3n) is 4.75. The van der Waals surface area contributed by atoms with Crippen molar-refractivity contribution in [3.05, 3.63) is 0 Å². The highest BCUT2D eigenvalue weighted by atomic mass is 14.9. The molecule has 2 N–H and O–H groups in total. The Morgan fingerprint density at radius 1 is 1.00 bits per heavy atom. The van der Waals surface area contributed by atoms with Gasteiger partial charge in [0, 0.05) is 6.04 Å². The van der Waals surface area contributed by atoms with Gasteiger partial charge in [-0.05, 0) is 69.5 Å². The first-order valence-corrected chi connectivity index (χ1v) is 7.20. The van der Waals surface area contributed by atoms with Crippen molar-refractivity contribution in [2.24, 2.45) is 17.8 Å². The van der Waals surface area contributed by atoms with Gasteiger partial charge in [0.05, 0.1) is 0 Å². The molecule has 1 aliphatic heterocycles. The number of rotatable bonds is 3. The highest BCUT2D eigenvalue weighted by molar-refractivity contribution is 4.81. The third kappa shape index (κ3) is 3.46. The second-order valence-corrected chi connectivity index (χ2v) is 6.07. The molecule has 2 aliphatic rings. The van der Waals surface area contributed by atoms with Crippen LogP contribution in [0, 0.1) is 17.8 Å². The molecule has 16 heavy (non-hydrogen) atoms. The van der Waals surface area contributed by atoms with Crippen molar-refractivity contribution in [2.45, 2.75) is 52.0 Å². The Morgan fingerprint density at radius 3 is 2.44 bits per heavy atom. The number of nitrogens with one attached hydrogen (secondary N) is 2. The lowest BCUT2D eigenvalue weighted by molar-refractivity contribution is 0.216. The Bertz CT molecular complexity index is 199. The van der Waals surface area contributed by atoms with E-state index in [2.05, 4.69) is 24.5 Å². The fourth-order valence-electron chi connectivity index (χ4n) is 3.15. The molecule has 1 heterocycles. The highest BCUT2D eigenvalue weighted by Crippen LogP contribution is 2.29. The fourth-order valence-corrected chi connectivity index (χ4v) is 3.15. The van der Waals surface area contributed by atoms with E-state index in [1.165, 1.54) is 51.7 Å². The lowest BCUT2D eigenvalue weighted by atomic mass is 9.79. The molecular formula is C14H28N2. The molecule has 2 nitrogen and oxygen atoms in total. The van der Waals surface area contributed by atoms with Crippen molar-refractivity contribution in [1.82, 2.24) is 10.6 Å². The minimum atomic E-state index is 0.807. The second kappa shape index (κ2) is 6.02. The van der Waals surface area contributed by atoms with E-state index in [0.29, 0.717) is 0 Å². The van der Waals surface area contributed by atoms with E-state index < -0.39 is 0 Å². The van der Waals surface area contributed by atoms with Crippen LogP contribution in [0.25, 0.3) is 0 Å². The maximum absolute atomic E-state index is 3.81.